The summed E-state index contributed by atoms with van der Waals surface area (Å²) in [5, 5.41) is 15.4. The standard InChI is InChI=1S/C26H30N8/c1-17-11-25(33-32-17)30-24-14-23-22(8-4-10-28-23)26(31-24)29-19-12-20-6-2-7-21(13-19)34(20)16-18-5-3-9-27-15-18/h3-5,8-11,14-15,19-21H,2,6-7,12-13,16H2,1H3,(H3,29,30,31,32,33)/t19?,20-,21+. The topological polar surface area (TPSA) is 94.7 Å². The van der Waals surface area contributed by atoms with Crippen LogP contribution in [0.2, 0.25) is 0 Å². The third-order valence-corrected chi connectivity index (χ3v) is 7.12. The van der Waals surface area contributed by atoms with E-state index in [0.717, 1.165) is 53.4 Å². The maximum Gasteiger partial charge on any atom is 0.153 e. The van der Waals surface area contributed by atoms with E-state index in [9.17, 15) is 0 Å². The van der Waals surface area contributed by atoms with Crippen LogP contribution in [0.4, 0.5) is 17.5 Å². The van der Waals surface area contributed by atoms with Crippen LogP contribution in [0, 0.1) is 6.92 Å². The summed E-state index contributed by atoms with van der Waals surface area (Å²) in [5.41, 5.74) is 3.23. The average molecular weight is 455 g/mol. The smallest absolute Gasteiger partial charge is 0.153 e. The van der Waals surface area contributed by atoms with Gasteiger partial charge in [0, 0.05) is 66.5 Å². The van der Waals surface area contributed by atoms with Gasteiger partial charge in [0.25, 0.3) is 0 Å². The first-order valence-corrected chi connectivity index (χ1v) is 12.2. The lowest BCUT2D eigenvalue weighted by Crippen LogP contribution is -2.54. The molecule has 2 aliphatic heterocycles. The second-order valence-electron chi connectivity index (χ2n) is 9.57. The van der Waals surface area contributed by atoms with Gasteiger partial charge in [-0.1, -0.05) is 12.5 Å². The normalized spacial score (nSPS) is 22.6. The Kier molecular flexibility index (Phi) is 5.58. The van der Waals surface area contributed by atoms with E-state index in [-0.39, 0.29) is 0 Å². The van der Waals surface area contributed by atoms with Gasteiger partial charge in [0.2, 0.25) is 0 Å². The van der Waals surface area contributed by atoms with Gasteiger partial charge in [-0.3, -0.25) is 20.0 Å². The van der Waals surface area contributed by atoms with Crippen molar-refractivity contribution in [1.82, 2.24) is 30.0 Å². The highest BCUT2D eigenvalue weighted by atomic mass is 15.2. The molecule has 1 unspecified atom stereocenters. The van der Waals surface area contributed by atoms with Crippen molar-refractivity contribution in [2.45, 2.75) is 63.7 Å². The van der Waals surface area contributed by atoms with Gasteiger partial charge in [0.1, 0.15) is 11.6 Å². The molecule has 8 nitrogen and oxygen atoms in total. The van der Waals surface area contributed by atoms with E-state index in [1.54, 1.807) is 0 Å². The fourth-order valence-electron chi connectivity index (χ4n) is 5.61. The van der Waals surface area contributed by atoms with Gasteiger partial charge in [-0.05, 0) is 56.4 Å². The fourth-order valence-corrected chi connectivity index (χ4v) is 5.61. The summed E-state index contributed by atoms with van der Waals surface area (Å²) < 4.78 is 0. The first-order chi connectivity index (χ1) is 16.7. The summed E-state index contributed by atoms with van der Waals surface area (Å²) in [5.74, 6) is 2.39. The number of hydrogen-bond acceptors (Lipinski definition) is 7. The molecule has 2 aliphatic rings. The van der Waals surface area contributed by atoms with Crippen LogP contribution in [-0.4, -0.2) is 48.2 Å². The molecule has 0 aliphatic carbocycles. The molecule has 3 N–H and O–H groups in total. The lowest BCUT2D eigenvalue weighted by atomic mass is 9.81. The van der Waals surface area contributed by atoms with Crippen molar-refractivity contribution in [1.29, 1.82) is 0 Å². The molecule has 0 aromatic carbocycles. The number of fused-ring (bicyclic) bond motifs is 3. The highest BCUT2D eigenvalue weighted by Crippen LogP contribution is 2.37. The van der Waals surface area contributed by atoms with Crippen molar-refractivity contribution in [3.8, 4) is 0 Å². The Morgan fingerprint density at radius 1 is 1.06 bits per heavy atom. The van der Waals surface area contributed by atoms with E-state index in [1.165, 1.54) is 24.8 Å². The highest BCUT2D eigenvalue weighted by Gasteiger charge is 2.38. The number of aryl methyl sites for hydroxylation is 1. The lowest BCUT2D eigenvalue weighted by molar-refractivity contribution is 0.0276. The number of anilines is 3. The Hall–Kier alpha value is -3.52. The second kappa shape index (κ2) is 9.02. The van der Waals surface area contributed by atoms with Crippen LogP contribution in [0.5, 0.6) is 0 Å². The fraction of sp³-hybridized carbons (Fsp3) is 0.385. The Bertz CT molecular complexity index is 1260. The number of piperidine rings is 2. The number of aromatic amines is 1. The number of pyridine rings is 3. The maximum absolute atomic E-state index is 4.94. The van der Waals surface area contributed by atoms with Gasteiger partial charge in [-0.2, -0.15) is 5.10 Å². The lowest BCUT2D eigenvalue weighted by Gasteiger charge is -2.49. The predicted molar refractivity (Wildman–Crippen MR) is 134 cm³/mol. The summed E-state index contributed by atoms with van der Waals surface area (Å²) >= 11 is 0. The molecule has 3 atom stereocenters. The molecule has 34 heavy (non-hydrogen) atoms. The molecular weight excluding hydrogens is 424 g/mol. The monoisotopic (exact) mass is 454 g/mol. The molecule has 4 aromatic heterocycles. The highest BCUT2D eigenvalue weighted by molar-refractivity contribution is 5.91. The Balaban J connectivity index is 1.23. The molecule has 6 heterocycles. The van der Waals surface area contributed by atoms with Crippen molar-refractivity contribution >= 4 is 28.4 Å². The zero-order valence-electron chi connectivity index (χ0n) is 19.4. The van der Waals surface area contributed by atoms with E-state index in [2.05, 4.69) is 47.8 Å². The van der Waals surface area contributed by atoms with Crippen LogP contribution in [-0.2, 0) is 6.54 Å². The summed E-state index contributed by atoms with van der Waals surface area (Å²) in [4.78, 5) is 16.6. The van der Waals surface area contributed by atoms with Crippen LogP contribution < -0.4 is 10.6 Å². The average Bonchev–Trinajstić information content (AvgIpc) is 3.24. The number of nitrogens with zero attached hydrogens (tertiary/aromatic N) is 5. The predicted octanol–water partition coefficient (Wildman–Crippen LogP) is 4.80. The molecule has 6 rings (SSSR count). The maximum atomic E-state index is 4.94. The van der Waals surface area contributed by atoms with Crippen molar-refractivity contribution in [2.24, 2.45) is 0 Å². The van der Waals surface area contributed by atoms with E-state index in [0.29, 0.717) is 18.1 Å². The quantitative estimate of drug-likeness (QED) is 0.385. The van der Waals surface area contributed by atoms with E-state index < -0.39 is 0 Å². The Labute approximate surface area is 199 Å². The number of hydrogen-bond donors (Lipinski definition) is 3. The molecule has 0 saturated carbocycles. The SMILES string of the molecule is Cc1cc(Nc2cc3ncccc3c(NC3C[C@H]4CCC[C@@H](C3)N4Cc3cccnc3)n2)n[nH]1. The molecule has 2 fully saturated rings. The van der Waals surface area contributed by atoms with Crippen molar-refractivity contribution in [3.05, 3.63) is 66.2 Å². The van der Waals surface area contributed by atoms with E-state index >= 15 is 0 Å². The van der Waals surface area contributed by atoms with E-state index in [4.69, 9.17) is 4.98 Å². The molecular formula is C26H30N8. The third kappa shape index (κ3) is 4.33. The van der Waals surface area contributed by atoms with Gasteiger partial charge in [-0.25, -0.2) is 4.98 Å². The molecule has 0 spiro atoms. The first kappa shape index (κ1) is 21.0. The second-order valence-corrected chi connectivity index (χ2v) is 9.57. The minimum Gasteiger partial charge on any atom is -0.367 e. The minimum absolute atomic E-state index is 0.388. The summed E-state index contributed by atoms with van der Waals surface area (Å²) in [6, 6.07) is 13.8. The van der Waals surface area contributed by atoms with Crippen LogP contribution >= 0.6 is 0 Å². The Morgan fingerprint density at radius 3 is 2.68 bits per heavy atom. The number of nitrogens with one attached hydrogen (secondary N) is 3. The van der Waals surface area contributed by atoms with Crippen LogP contribution in [0.15, 0.2) is 55.0 Å². The Morgan fingerprint density at radius 2 is 1.91 bits per heavy atom. The van der Waals surface area contributed by atoms with Crippen LogP contribution in [0.1, 0.15) is 43.4 Å². The van der Waals surface area contributed by atoms with Crippen molar-refractivity contribution in [2.75, 3.05) is 10.6 Å². The molecule has 8 heteroatoms. The molecule has 4 aromatic rings. The summed E-state index contributed by atoms with van der Waals surface area (Å²) in [6.07, 6.45) is 11.8. The zero-order valence-corrected chi connectivity index (χ0v) is 19.4. The molecule has 2 saturated heterocycles. The van der Waals surface area contributed by atoms with Crippen LogP contribution in [0.25, 0.3) is 10.9 Å². The van der Waals surface area contributed by atoms with Gasteiger partial charge in [0.05, 0.1) is 5.52 Å². The molecule has 0 radical (unpaired) electrons. The van der Waals surface area contributed by atoms with Gasteiger partial charge >= 0.3 is 0 Å². The third-order valence-electron chi connectivity index (χ3n) is 7.12. The van der Waals surface area contributed by atoms with E-state index in [1.807, 2.05) is 49.8 Å². The minimum atomic E-state index is 0.388. The number of rotatable bonds is 6. The summed E-state index contributed by atoms with van der Waals surface area (Å²) in [6.45, 7) is 2.97. The van der Waals surface area contributed by atoms with Gasteiger partial charge in [-0.15, -0.1) is 0 Å². The summed E-state index contributed by atoms with van der Waals surface area (Å²) in [7, 11) is 0. The van der Waals surface area contributed by atoms with Crippen molar-refractivity contribution in [3.63, 3.8) is 0 Å². The largest absolute Gasteiger partial charge is 0.367 e. The van der Waals surface area contributed by atoms with Gasteiger partial charge in [0.15, 0.2) is 5.82 Å². The van der Waals surface area contributed by atoms with Gasteiger partial charge < -0.3 is 10.6 Å². The number of aromatic nitrogens is 5. The zero-order chi connectivity index (χ0) is 22.9. The van der Waals surface area contributed by atoms with Crippen LogP contribution in [0.3, 0.4) is 0 Å². The molecule has 2 bridgehead atoms. The first-order valence-electron chi connectivity index (χ1n) is 12.2. The molecule has 174 valence electrons. The molecule has 0 amide bonds. The van der Waals surface area contributed by atoms with Crippen molar-refractivity contribution < 1.29 is 0 Å². The number of H-pyrrole nitrogens is 1.